The quantitative estimate of drug-likeness (QED) is 0.591. The van der Waals surface area contributed by atoms with E-state index in [2.05, 4.69) is 44.9 Å². The summed E-state index contributed by atoms with van der Waals surface area (Å²) in [7, 11) is 0. The molecule has 2 rings (SSSR count). The van der Waals surface area contributed by atoms with Crippen molar-refractivity contribution in [3.63, 3.8) is 0 Å². The van der Waals surface area contributed by atoms with E-state index in [9.17, 15) is 9.59 Å². The molecule has 2 amide bonds. The summed E-state index contributed by atoms with van der Waals surface area (Å²) < 4.78 is 0. The number of nitrogens with zero attached hydrogens (tertiary/aromatic N) is 2. The second kappa shape index (κ2) is 9.83. The molecule has 7 nitrogen and oxygen atoms in total. The monoisotopic (exact) mass is 361 g/mol. The third-order valence-electron chi connectivity index (χ3n) is 3.45. The molecule has 3 N–H and O–H groups in total. The highest BCUT2D eigenvalue weighted by Gasteiger charge is 2.10. The van der Waals surface area contributed by atoms with Gasteiger partial charge in [0.05, 0.1) is 12.3 Å². The van der Waals surface area contributed by atoms with Gasteiger partial charge in [-0.15, -0.1) is 5.10 Å². The van der Waals surface area contributed by atoms with Crippen LogP contribution in [0.3, 0.4) is 0 Å². The molecule has 0 spiro atoms. The third-order valence-corrected chi connectivity index (χ3v) is 4.30. The van der Waals surface area contributed by atoms with Crippen LogP contribution in [0.4, 0.5) is 0 Å². The average Bonchev–Trinajstić information content (AvgIpc) is 3.12. The van der Waals surface area contributed by atoms with Crippen LogP contribution < -0.4 is 10.6 Å². The molecule has 0 unspecified atom stereocenters. The maximum Gasteiger partial charge on any atom is 0.239 e. The minimum Gasteiger partial charge on any atom is -0.355 e. The lowest BCUT2D eigenvalue weighted by molar-refractivity contribution is -0.124. The third kappa shape index (κ3) is 6.22. The lowest BCUT2D eigenvalue weighted by Crippen LogP contribution is -2.37. The first-order valence-electron chi connectivity index (χ1n) is 8.30. The highest BCUT2D eigenvalue weighted by atomic mass is 32.2. The summed E-state index contributed by atoms with van der Waals surface area (Å²) in [5.74, 6) is 0.420. The number of thioether (sulfide) groups is 1. The number of rotatable bonds is 9. The molecule has 0 atom stereocenters. The summed E-state index contributed by atoms with van der Waals surface area (Å²) in [5.41, 5.74) is 2.21. The van der Waals surface area contributed by atoms with E-state index >= 15 is 0 Å². The van der Waals surface area contributed by atoms with Gasteiger partial charge in [-0.1, -0.05) is 49.9 Å². The molecule has 1 heterocycles. The number of carbonyl (C=O) groups excluding carboxylic acids is 2. The number of benzene rings is 1. The molecule has 0 saturated heterocycles. The van der Waals surface area contributed by atoms with Crippen molar-refractivity contribution >= 4 is 23.6 Å². The van der Waals surface area contributed by atoms with Crippen molar-refractivity contribution in [2.75, 3.05) is 18.8 Å². The first-order valence-corrected chi connectivity index (χ1v) is 9.28. The van der Waals surface area contributed by atoms with Gasteiger partial charge in [-0.25, -0.2) is 4.98 Å². The zero-order valence-corrected chi connectivity index (χ0v) is 15.3. The average molecular weight is 361 g/mol. The van der Waals surface area contributed by atoms with Crippen molar-refractivity contribution in [1.82, 2.24) is 25.8 Å². The van der Waals surface area contributed by atoms with Gasteiger partial charge in [0.15, 0.2) is 5.82 Å². The minimum absolute atomic E-state index is 0.0115. The van der Waals surface area contributed by atoms with Crippen molar-refractivity contribution < 1.29 is 9.59 Å². The molecule has 8 heteroatoms. The number of aromatic amines is 1. The summed E-state index contributed by atoms with van der Waals surface area (Å²) in [5, 5.41) is 12.8. The van der Waals surface area contributed by atoms with E-state index in [1.807, 2.05) is 19.1 Å². The lowest BCUT2D eigenvalue weighted by Gasteiger charge is -2.04. The molecule has 1 aromatic carbocycles. The zero-order chi connectivity index (χ0) is 18.1. The Bertz CT molecular complexity index is 699. The van der Waals surface area contributed by atoms with Crippen LogP contribution in [-0.4, -0.2) is 45.8 Å². The molecule has 2 aromatic rings. The number of carbonyl (C=O) groups is 2. The van der Waals surface area contributed by atoms with E-state index in [-0.39, 0.29) is 24.1 Å². The van der Waals surface area contributed by atoms with Gasteiger partial charge in [-0.05, 0) is 18.4 Å². The van der Waals surface area contributed by atoms with Crippen molar-refractivity contribution in [2.45, 2.75) is 31.8 Å². The fourth-order valence-corrected chi connectivity index (χ4v) is 2.65. The Morgan fingerprint density at radius 3 is 2.56 bits per heavy atom. The van der Waals surface area contributed by atoms with Crippen molar-refractivity contribution in [3.05, 3.63) is 29.8 Å². The summed E-state index contributed by atoms with van der Waals surface area (Å²) >= 11 is 1.22. The maximum absolute atomic E-state index is 11.8. The summed E-state index contributed by atoms with van der Waals surface area (Å²) in [6.07, 6.45) is 1.85. The SMILES string of the molecule is CCCNC(=O)CNC(=O)CSc1n[nH]c(-c2ccc(CC)cc2)n1. The van der Waals surface area contributed by atoms with Crippen LogP contribution in [0.15, 0.2) is 29.4 Å². The molecule has 0 aliphatic heterocycles. The number of nitrogens with one attached hydrogen (secondary N) is 3. The Hall–Kier alpha value is -2.35. The molecular weight excluding hydrogens is 338 g/mol. The molecule has 0 radical (unpaired) electrons. The molecule has 0 saturated carbocycles. The van der Waals surface area contributed by atoms with Crippen molar-refractivity contribution in [2.24, 2.45) is 0 Å². The molecule has 134 valence electrons. The molecule has 0 fully saturated rings. The Morgan fingerprint density at radius 2 is 1.88 bits per heavy atom. The van der Waals surface area contributed by atoms with E-state index in [4.69, 9.17) is 0 Å². The van der Waals surface area contributed by atoms with E-state index in [1.54, 1.807) is 0 Å². The van der Waals surface area contributed by atoms with Crippen LogP contribution in [0.25, 0.3) is 11.4 Å². The molecular formula is C17H23N5O2S. The molecule has 0 aliphatic carbocycles. The molecule has 0 aliphatic rings. The number of aromatic nitrogens is 3. The van der Waals surface area contributed by atoms with Crippen molar-refractivity contribution in [1.29, 1.82) is 0 Å². The topological polar surface area (TPSA) is 99.8 Å². The van der Waals surface area contributed by atoms with Gasteiger partial charge in [0.2, 0.25) is 17.0 Å². The predicted octanol–water partition coefficient (Wildman–Crippen LogP) is 1.77. The fraction of sp³-hybridized carbons (Fsp3) is 0.412. The number of hydrogen-bond donors (Lipinski definition) is 3. The van der Waals surface area contributed by atoms with Gasteiger partial charge >= 0.3 is 0 Å². The first kappa shape index (κ1) is 19.0. The van der Waals surface area contributed by atoms with Crippen LogP contribution in [0.1, 0.15) is 25.8 Å². The number of H-pyrrole nitrogens is 1. The first-order chi connectivity index (χ1) is 12.1. The van der Waals surface area contributed by atoms with E-state index in [0.717, 1.165) is 18.4 Å². The van der Waals surface area contributed by atoms with Crippen LogP contribution in [0, 0.1) is 0 Å². The predicted molar refractivity (Wildman–Crippen MR) is 98.2 cm³/mol. The molecule has 1 aromatic heterocycles. The van der Waals surface area contributed by atoms with Crippen LogP contribution in [0.5, 0.6) is 0 Å². The number of hydrogen-bond acceptors (Lipinski definition) is 5. The Balaban J connectivity index is 1.78. The van der Waals surface area contributed by atoms with Crippen LogP contribution >= 0.6 is 11.8 Å². The summed E-state index contributed by atoms with van der Waals surface area (Å²) in [4.78, 5) is 27.6. The second-order valence-electron chi connectivity index (χ2n) is 5.43. The smallest absolute Gasteiger partial charge is 0.239 e. The second-order valence-corrected chi connectivity index (χ2v) is 6.37. The summed E-state index contributed by atoms with van der Waals surface area (Å²) in [6, 6.07) is 8.11. The van der Waals surface area contributed by atoms with Gasteiger partial charge in [-0.2, -0.15) is 0 Å². The van der Waals surface area contributed by atoms with Gasteiger partial charge < -0.3 is 10.6 Å². The van der Waals surface area contributed by atoms with Crippen LogP contribution in [-0.2, 0) is 16.0 Å². The van der Waals surface area contributed by atoms with Gasteiger partial charge in [-0.3, -0.25) is 14.7 Å². The van der Waals surface area contributed by atoms with Gasteiger partial charge in [0.1, 0.15) is 0 Å². The Kier molecular flexibility index (Phi) is 7.46. The highest BCUT2D eigenvalue weighted by molar-refractivity contribution is 7.99. The number of amides is 2. The van der Waals surface area contributed by atoms with Crippen molar-refractivity contribution in [3.8, 4) is 11.4 Å². The van der Waals surface area contributed by atoms with E-state index in [0.29, 0.717) is 17.5 Å². The molecule has 25 heavy (non-hydrogen) atoms. The van der Waals surface area contributed by atoms with E-state index < -0.39 is 0 Å². The summed E-state index contributed by atoms with van der Waals surface area (Å²) in [6.45, 7) is 4.68. The highest BCUT2D eigenvalue weighted by Crippen LogP contribution is 2.19. The molecule has 0 bridgehead atoms. The number of aryl methyl sites for hydroxylation is 1. The minimum atomic E-state index is -0.227. The zero-order valence-electron chi connectivity index (χ0n) is 14.5. The van der Waals surface area contributed by atoms with Gasteiger partial charge in [0, 0.05) is 12.1 Å². The normalized spacial score (nSPS) is 10.5. The van der Waals surface area contributed by atoms with Crippen LogP contribution in [0.2, 0.25) is 0 Å². The largest absolute Gasteiger partial charge is 0.355 e. The lowest BCUT2D eigenvalue weighted by atomic mass is 10.1. The van der Waals surface area contributed by atoms with E-state index in [1.165, 1.54) is 17.3 Å². The fourth-order valence-electron chi connectivity index (χ4n) is 2.03. The Morgan fingerprint density at radius 1 is 1.12 bits per heavy atom. The Labute approximate surface area is 151 Å². The standard InChI is InChI=1S/C17H23N5O2S/c1-3-9-18-14(23)10-19-15(24)11-25-17-20-16(21-22-17)13-7-5-12(4-2)6-8-13/h5-8H,3-4,9-11H2,1-2H3,(H,18,23)(H,19,24)(H,20,21,22). The van der Waals surface area contributed by atoms with Gasteiger partial charge in [0.25, 0.3) is 0 Å². The maximum atomic E-state index is 11.8.